The molecule has 0 spiro atoms. The van der Waals surface area contributed by atoms with Crippen LogP contribution in [-0.2, 0) is 22.6 Å². The van der Waals surface area contributed by atoms with Gasteiger partial charge in [-0.05, 0) is 76.3 Å². The van der Waals surface area contributed by atoms with Crippen LogP contribution >= 0.6 is 0 Å². The van der Waals surface area contributed by atoms with Gasteiger partial charge in [-0.2, -0.15) is 0 Å². The number of nitrogens with zero attached hydrogens (tertiary/aromatic N) is 3. The van der Waals surface area contributed by atoms with Crippen LogP contribution in [0.2, 0.25) is 0 Å². The maximum Gasteiger partial charge on any atom is 0.271 e. The molecule has 1 aromatic heterocycles. The van der Waals surface area contributed by atoms with Crippen molar-refractivity contribution in [1.82, 2.24) is 20.2 Å². The first-order valence-electron chi connectivity index (χ1n) is 18.8. The van der Waals surface area contributed by atoms with Gasteiger partial charge >= 0.3 is 0 Å². The lowest BCUT2D eigenvalue weighted by molar-refractivity contribution is -0.253. The SMILES string of the molecule is C[C@H](c1ccc2ccccc2c1)N(C)C[C@H]1C[C@@H](c2ccc(CO)cc2)O[C@@H](c2ccc(-c3ccccc3CNC(=O)c3cnc4ccccc4n3)cc2)O1. The van der Waals surface area contributed by atoms with Crippen molar-refractivity contribution >= 4 is 27.7 Å². The minimum Gasteiger partial charge on any atom is -0.392 e. The van der Waals surface area contributed by atoms with Gasteiger partial charge in [0.05, 0.1) is 36.0 Å². The first kappa shape index (κ1) is 36.2. The molecule has 0 saturated carbocycles. The van der Waals surface area contributed by atoms with Gasteiger partial charge in [0.25, 0.3) is 5.91 Å². The third kappa shape index (κ3) is 8.18. The minimum absolute atomic E-state index is 0.00138. The summed E-state index contributed by atoms with van der Waals surface area (Å²) in [7, 11) is 2.16. The number of aliphatic hydroxyl groups excluding tert-OH is 1. The standard InChI is InChI=1S/C47H44N4O4/c1-31(37-24-19-33-9-3-4-10-38(33)25-37)51(2)29-40-26-45(35-17-15-32(30-52)16-18-35)55-47(54-40)36-22-20-34(21-23-36)41-12-6-5-11-39(41)27-49-46(53)44-28-48-42-13-7-8-14-43(42)50-44/h3-25,28,31,40,45,47,52H,26-27,29-30H2,1-2H3,(H,49,53)/t31-,40-,45+,47+/m1/s1. The van der Waals surface area contributed by atoms with Crippen LogP contribution in [0.3, 0.4) is 0 Å². The van der Waals surface area contributed by atoms with Crippen LogP contribution in [0.4, 0.5) is 0 Å². The van der Waals surface area contributed by atoms with Crippen molar-refractivity contribution in [3.63, 3.8) is 0 Å². The molecular formula is C47H44N4O4. The van der Waals surface area contributed by atoms with Gasteiger partial charge in [0.2, 0.25) is 0 Å². The van der Waals surface area contributed by atoms with Gasteiger partial charge in [-0.1, -0.05) is 121 Å². The summed E-state index contributed by atoms with van der Waals surface area (Å²) >= 11 is 0. The average molecular weight is 729 g/mol. The number of aliphatic hydroxyl groups is 1. The Morgan fingerprint density at radius 1 is 0.818 bits per heavy atom. The molecule has 0 unspecified atom stereocenters. The topological polar surface area (TPSA) is 96.8 Å². The lowest BCUT2D eigenvalue weighted by Gasteiger charge is -2.39. The predicted octanol–water partition coefficient (Wildman–Crippen LogP) is 9.11. The highest BCUT2D eigenvalue weighted by molar-refractivity contribution is 5.93. The summed E-state index contributed by atoms with van der Waals surface area (Å²) in [5.74, 6) is -0.276. The summed E-state index contributed by atoms with van der Waals surface area (Å²) in [5.41, 5.74) is 8.85. The van der Waals surface area contributed by atoms with E-state index in [-0.39, 0.29) is 36.5 Å². The van der Waals surface area contributed by atoms with Crippen LogP contribution in [0.1, 0.15) is 70.1 Å². The van der Waals surface area contributed by atoms with Gasteiger partial charge in [-0.15, -0.1) is 0 Å². The van der Waals surface area contributed by atoms with Gasteiger partial charge in [-0.25, -0.2) is 4.98 Å². The molecule has 0 bridgehead atoms. The van der Waals surface area contributed by atoms with Crippen molar-refractivity contribution in [1.29, 1.82) is 0 Å². The van der Waals surface area contributed by atoms with E-state index >= 15 is 0 Å². The molecule has 1 saturated heterocycles. The minimum atomic E-state index is -0.572. The molecule has 8 rings (SSSR count). The van der Waals surface area contributed by atoms with Crippen LogP contribution < -0.4 is 5.32 Å². The van der Waals surface area contributed by atoms with Crippen LogP contribution in [0, 0.1) is 0 Å². The van der Waals surface area contributed by atoms with Gasteiger partial charge in [0.1, 0.15) is 5.69 Å². The molecule has 0 aliphatic carbocycles. The van der Waals surface area contributed by atoms with E-state index in [4.69, 9.17) is 9.47 Å². The number of carbonyl (C=O) groups excluding carboxylic acids is 1. The van der Waals surface area contributed by atoms with E-state index in [1.807, 2.05) is 66.7 Å². The molecule has 0 radical (unpaired) electrons. The van der Waals surface area contributed by atoms with E-state index in [2.05, 4.69) is 107 Å². The van der Waals surface area contributed by atoms with E-state index in [9.17, 15) is 9.90 Å². The second-order valence-electron chi connectivity index (χ2n) is 14.3. The Morgan fingerprint density at radius 2 is 1.53 bits per heavy atom. The van der Waals surface area contributed by atoms with Crippen LogP contribution in [0.15, 0.2) is 146 Å². The van der Waals surface area contributed by atoms with Gasteiger partial charge < -0.3 is 19.9 Å². The zero-order valence-electron chi connectivity index (χ0n) is 31.0. The summed E-state index contributed by atoms with van der Waals surface area (Å²) in [5, 5.41) is 15.2. The number of hydrogen-bond acceptors (Lipinski definition) is 7. The Bertz CT molecular complexity index is 2420. The molecular weight excluding hydrogens is 685 g/mol. The molecule has 6 aromatic carbocycles. The normalized spacial score (nSPS) is 17.7. The Morgan fingerprint density at radius 3 is 2.33 bits per heavy atom. The number of para-hydroxylation sites is 2. The lowest BCUT2D eigenvalue weighted by Crippen LogP contribution is -2.38. The van der Waals surface area contributed by atoms with Crippen molar-refractivity contribution in [2.75, 3.05) is 13.6 Å². The van der Waals surface area contributed by atoms with Crippen molar-refractivity contribution < 1.29 is 19.4 Å². The Labute approximate surface area is 321 Å². The smallest absolute Gasteiger partial charge is 0.271 e. The number of hydrogen-bond donors (Lipinski definition) is 2. The molecule has 55 heavy (non-hydrogen) atoms. The zero-order valence-corrected chi connectivity index (χ0v) is 31.0. The molecule has 2 N–H and O–H groups in total. The fourth-order valence-electron chi connectivity index (χ4n) is 7.34. The zero-order chi connectivity index (χ0) is 37.7. The van der Waals surface area contributed by atoms with E-state index in [1.54, 1.807) is 0 Å². The predicted molar refractivity (Wildman–Crippen MR) is 216 cm³/mol. The Hall–Kier alpha value is -5.77. The first-order chi connectivity index (χ1) is 26.9. The summed E-state index contributed by atoms with van der Waals surface area (Å²) in [6.07, 6.45) is 1.37. The van der Waals surface area contributed by atoms with Crippen molar-refractivity contribution in [3.8, 4) is 11.1 Å². The van der Waals surface area contributed by atoms with Gasteiger partial charge in [-0.3, -0.25) is 14.7 Å². The fourth-order valence-corrected chi connectivity index (χ4v) is 7.34. The molecule has 8 heteroatoms. The van der Waals surface area contributed by atoms with E-state index in [1.165, 1.54) is 22.5 Å². The van der Waals surface area contributed by atoms with Crippen LogP contribution in [-0.4, -0.2) is 45.6 Å². The van der Waals surface area contributed by atoms with Crippen molar-refractivity contribution in [3.05, 3.63) is 179 Å². The Balaban J connectivity index is 0.990. The van der Waals surface area contributed by atoms with Crippen LogP contribution in [0.25, 0.3) is 32.9 Å². The van der Waals surface area contributed by atoms with Crippen molar-refractivity contribution in [2.45, 2.75) is 51.0 Å². The highest BCUT2D eigenvalue weighted by Crippen LogP contribution is 2.39. The number of ether oxygens (including phenoxy) is 2. The maximum absolute atomic E-state index is 13.1. The lowest BCUT2D eigenvalue weighted by atomic mass is 9.97. The number of likely N-dealkylation sites (N-methyl/N-ethyl adjacent to an activating group) is 1. The largest absolute Gasteiger partial charge is 0.392 e. The number of fused-ring (bicyclic) bond motifs is 2. The van der Waals surface area contributed by atoms with Gasteiger partial charge in [0, 0.05) is 31.1 Å². The summed E-state index contributed by atoms with van der Waals surface area (Å²) < 4.78 is 13.4. The molecule has 1 amide bonds. The molecule has 1 fully saturated rings. The average Bonchev–Trinajstić information content (AvgIpc) is 3.25. The number of rotatable bonds is 11. The number of benzene rings is 6. The van der Waals surface area contributed by atoms with E-state index < -0.39 is 6.29 Å². The van der Waals surface area contributed by atoms with Crippen LogP contribution in [0.5, 0.6) is 0 Å². The fraction of sp³-hybridized carbons (Fsp3) is 0.213. The molecule has 1 aliphatic heterocycles. The maximum atomic E-state index is 13.1. The third-order valence-corrected chi connectivity index (χ3v) is 10.7. The second kappa shape index (κ2) is 16.3. The number of amides is 1. The number of carbonyl (C=O) groups is 1. The summed E-state index contributed by atoms with van der Waals surface area (Å²) in [4.78, 5) is 24.3. The van der Waals surface area contributed by atoms with E-state index in [0.29, 0.717) is 18.5 Å². The second-order valence-corrected chi connectivity index (χ2v) is 14.3. The van der Waals surface area contributed by atoms with Crippen molar-refractivity contribution in [2.24, 2.45) is 0 Å². The number of nitrogens with one attached hydrogen (secondary N) is 1. The monoisotopic (exact) mass is 728 g/mol. The molecule has 7 aromatic rings. The van der Waals surface area contributed by atoms with Gasteiger partial charge in [0.15, 0.2) is 6.29 Å². The summed E-state index contributed by atoms with van der Waals surface area (Å²) in [6.45, 7) is 3.30. The third-order valence-electron chi connectivity index (χ3n) is 10.7. The highest BCUT2D eigenvalue weighted by Gasteiger charge is 2.33. The molecule has 276 valence electrons. The Kier molecular flexibility index (Phi) is 10.7. The van der Waals surface area contributed by atoms with E-state index in [0.717, 1.165) is 45.4 Å². The summed E-state index contributed by atoms with van der Waals surface area (Å²) in [6, 6.07) is 47.2. The molecule has 2 heterocycles. The highest BCUT2D eigenvalue weighted by atomic mass is 16.7. The quantitative estimate of drug-likeness (QED) is 0.137. The number of aromatic nitrogens is 2. The molecule has 8 nitrogen and oxygen atoms in total. The first-order valence-corrected chi connectivity index (χ1v) is 18.8. The molecule has 4 atom stereocenters. The molecule has 1 aliphatic rings.